The van der Waals surface area contributed by atoms with Crippen molar-refractivity contribution in [1.29, 1.82) is 0 Å². The Morgan fingerprint density at radius 2 is 1.58 bits per heavy atom. The molecular formula is C26H24F3NO3. The molecule has 4 rings (SSSR count). The van der Waals surface area contributed by atoms with Gasteiger partial charge in [0.1, 0.15) is 0 Å². The summed E-state index contributed by atoms with van der Waals surface area (Å²) in [6.45, 7) is 4.58. The molecule has 1 atom stereocenters. The summed E-state index contributed by atoms with van der Waals surface area (Å²) in [5.74, 6) is 0.796. The van der Waals surface area contributed by atoms with Crippen LogP contribution in [0.3, 0.4) is 0 Å². The second kappa shape index (κ2) is 9.17. The zero-order valence-electron chi connectivity index (χ0n) is 18.4. The highest BCUT2D eigenvalue weighted by molar-refractivity contribution is 5.98. The number of ether oxygens (including phenoxy) is 2. The zero-order chi connectivity index (χ0) is 23.6. The molecule has 0 aliphatic carbocycles. The van der Waals surface area contributed by atoms with Gasteiger partial charge in [0.15, 0.2) is 11.5 Å². The van der Waals surface area contributed by atoms with Crippen molar-refractivity contribution in [3.05, 3.63) is 89.0 Å². The summed E-state index contributed by atoms with van der Waals surface area (Å²) in [4.78, 5) is 14.8. The summed E-state index contributed by atoms with van der Waals surface area (Å²) >= 11 is 0. The summed E-state index contributed by atoms with van der Waals surface area (Å²) in [6.07, 6.45) is -4.47. The van der Waals surface area contributed by atoms with Gasteiger partial charge in [-0.25, -0.2) is 0 Å². The largest absolute Gasteiger partial charge is 0.490 e. The molecule has 0 saturated carbocycles. The first-order chi connectivity index (χ1) is 15.8. The average molecular weight is 455 g/mol. The highest BCUT2D eigenvalue weighted by Crippen LogP contribution is 2.44. The van der Waals surface area contributed by atoms with Crippen LogP contribution in [0.1, 0.15) is 42.1 Å². The highest BCUT2D eigenvalue weighted by atomic mass is 19.4. The van der Waals surface area contributed by atoms with Crippen LogP contribution in [0.25, 0.3) is 0 Å². The Morgan fingerprint density at radius 1 is 0.909 bits per heavy atom. The molecule has 0 N–H and O–H groups in total. The summed E-state index contributed by atoms with van der Waals surface area (Å²) in [5.41, 5.74) is 1.75. The number of fused-ring (bicyclic) bond motifs is 1. The fourth-order valence-corrected chi connectivity index (χ4v) is 4.18. The first kappa shape index (κ1) is 22.7. The van der Waals surface area contributed by atoms with Crippen molar-refractivity contribution >= 4 is 11.6 Å². The fraction of sp³-hybridized carbons (Fsp3) is 0.269. The summed E-state index contributed by atoms with van der Waals surface area (Å²) in [6, 6.07) is 17.2. The average Bonchev–Trinajstić information content (AvgIpc) is 2.79. The van der Waals surface area contributed by atoms with Gasteiger partial charge in [-0.05, 0) is 60.9 Å². The number of nitrogens with zero attached hydrogens (tertiary/aromatic N) is 1. The molecule has 1 aliphatic rings. The van der Waals surface area contributed by atoms with Crippen molar-refractivity contribution in [2.75, 3.05) is 18.1 Å². The molecule has 1 heterocycles. The van der Waals surface area contributed by atoms with Gasteiger partial charge in [0.05, 0.1) is 31.2 Å². The van der Waals surface area contributed by atoms with Crippen molar-refractivity contribution in [3.8, 4) is 11.5 Å². The van der Waals surface area contributed by atoms with Crippen LogP contribution in [0, 0.1) is 0 Å². The van der Waals surface area contributed by atoms with Crippen molar-refractivity contribution < 1.29 is 27.4 Å². The van der Waals surface area contributed by atoms with Crippen LogP contribution >= 0.6 is 0 Å². The van der Waals surface area contributed by atoms with E-state index in [9.17, 15) is 18.0 Å². The third-order valence-electron chi connectivity index (χ3n) is 5.54. The number of hydrogen-bond donors (Lipinski definition) is 0. The van der Waals surface area contributed by atoms with E-state index in [0.29, 0.717) is 24.7 Å². The molecule has 0 aromatic heterocycles. The number of benzene rings is 3. The van der Waals surface area contributed by atoms with Crippen LogP contribution in [0.15, 0.2) is 66.7 Å². The molecule has 3 aromatic carbocycles. The number of halogens is 3. The predicted octanol–water partition coefficient (Wildman–Crippen LogP) is 6.18. The second-order valence-corrected chi connectivity index (χ2v) is 7.67. The SMILES string of the molecule is CCOc1cc2c(cc1OCC)[C@H](c1ccccc1)N(c1cccc(C(F)(F)F)c1)C(=O)C2. The Morgan fingerprint density at radius 3 is 2.21 bits per heavy atom. The van der Waals surface area contributed by atoms with Gasteiger partial charge in [-0.2, -0.15) is 13.2 Å². The van der Waals surface area contributed by atoms with Crippen LogP contribution in [0.4, 0.5) is 18.9 Å². The quantitative estimate of drug-likeness (QED) is 0.445. The standard InChI is InChI=1S/C26H24F3NO3/c1-3-32-22-13-18-14-24(31)30(20-12-8-11-19(15-20)26(27,28)29)25(17-9-6-5-7-10-17)21(18)16-23(22)33-4-2/h5-13,15-16,25H,3-4,14H2,1-2H3/t25-/m0/s1. The Balaban J connectivity index is 1.91. The molecule has 172 valence electrons. The van der Waals surface area contributed by atoms with E-state index in [-0.39, 0.29) is 18.0 Å². The Labute approximate surface area is 190 Å². The first-order valence-electron chi connectivity index (χ1n) is 10.8. The number of amides is 1. The minimum atomic E-state index is -4.51. The Hall–Kier alpha value is -3.48. The molecule has 7 heteroatoms. The third-order valence-corrected chi connectivity index (χ3v) is 5.54. The molecule has 0 fully saturated rings. The molecule has 33 heavy (non-hydrogen) atoms. The molecule has 0 spiro atoms. The normalized spacial score (nSPS) is 15.8. The smallest absolute Gasteiger partial charge is 0.416 e. The van der Waals surface area contributed by atoms with Gasteiger partial charge < -0.3 is 14.4 Å². The topological polar surface area (TPSA) is 38.8 Å². The lowest BCUT2D eigenvalue weighted by molar-refractivity contribution is -0.137. The molecule has 3 aromatic rings. The van der Waals surface area contributed by atoms with E-state index in [1.165, 1.54) is 17.0 Å². The van der Waals surface area contributed by atoms with Gasteiger partial charge in [0.2, 0.25) is 5.91 Å². The Bertz CT molecular complexity index is 1150. The van der Waals surface area contributed by atoms with E-state index in [2.05, 4.69) is 0 Å². The van der Waals surface area contributed by atoms with Gasteiger partial charge >= 0.3 is 6.18 Å². The summed E-state index contributed by atoms with van der Waals surface area (Å²) in [5, 5.41) is 0. The van der Waals surface area contributed by atoms with Crippen molar-refractivity contribution in [2.45, 2.75) is 32.5 Å². The van der Waals surface area contributed by atoms with Crippen LogP contribution in [-0.2, 0) is 17.4 Å². The van der Waals surface area contributed by atoms with Crippen LogP contribution < -0.4 is 14.4 Å². The zero-order valence-corrected chi connectivity index (χ0v) is 18.4. The Kier molecular flexibility index (Phi) is 6.31. The number of hydrogen-bond acceptors (Lipinski definition) is 3. The van der Waals surface area contributed by atoms with Gasteiger partial charge in [0.25, 0.3) is 0 Å². The van der Waals surface area contributed by atoms with E-state index < -0.39 is 17.8 Å². The van der Waals surface area contributed by atoms with Crippen molar-refractivity contribution in [1.82, 2.24) is 0 Å². The lowest BCUT2D eigenvalue weighted by atomic mass is 9.86. The minimum absolute atomic E-state index is 0.0430. The number of carbonyl (C=O) groups is 1. The van der Waals surface area contributed by atoms with Gasteiger partial charge in [-0.1, -0.05) is 36.4 Å². The van der Waals surface area contributed by atoms with E-state index in [1.807, 2.05) is 50.2 Å². The number of carbonyl (C=O) groups excluding carboxylic acids is 1. The van der Waals surface area contributed by atoms with E-state index in [1.54, 1.807) is 6.07 Å². The molecule has 0 radical (unpaired) electrons. The minimum Gasteiger partial charge on any atom is -0.490 e. The fourth-order valence-electron chi connectivity index (χ4n) is 4.18. The lowest BCUT2D eigenvalue weighted by Crippen LogP contribution is -2.41. The van der Waals surface area contributed by atoms with E-state index in [0.717, 1.165) is 28.8 Å². The molecule has 1 amide bonds. The lowest BCUT2D eigenvalue weighted by Gasteiger charge is -2.38. The maximum Gasteiger partial charge on any atom is 0.416 e. The van der Waals surface area contributed by atoms with E-state index in [4.69, 9.17) is 9.47 Å². The maximum absolute atomic E-state index is 13.4. The maximum atomic E-state index is 13.4. The second-order valence-electron chi connectivity index (χ2n) is 7.67. The van der Waals surface area contributed by atoms with Crippen molar-refractivity contribution in [3.63, 3.8) is 0 Å². The van der Waals surface area contributed by atoms with Crippen LogP contribution in [-0.4, -0.2) is 19.1 Å². The molecular weight excluding hydrogens is 431 g/mol. The molecule has 0 unspecified atom stereocenters. The first-order valence-corrected chi connectivity index (χ1v) is 10.8. The third kappa shape index (κ3) is 4.53. The molecule has 1 aliphatic heterocycles. The highest BCUT2D eigenvalue weighted by Gasteiger charge is 2.37. The molecule has 0 bridgehead atoms. The van der Waals surface area contributed by atoms with Gasteiger partial charge in [-0.3, -0.25) is 4.79 Å². The van der Waals surface area contributed by atoms with Crippen LogP contribution in [0.2, 0.25) is 0 Å². The predicted molar refractivity (Wildman–Crippen MR) is 120 cm³/mol. The van der Waals surface area contributed by atoms with Gasteiger partial charge in [0, 0.05) is 5.69 Å². The molecule has 4 nitrogen and oxygen atoms in total. The van der Waals surface area contributed by atoms with Gasteiger partial charge in [-0.15, -0.1) is 0 Å². The van der Waals surface area contributed by atoms with Crippen LogP contribution in [0.5, 0.6) is 11.5 Å². The number of rotatable bonds is 6. The molecule has 0 saturated heterocycles. The summed E-state index contributed by atoms with van der Waals surface area (Å²) < 4.78 is 51.8. The monoisotopic (exact) mass is 455 g/mol. The number of anilines is 1. The van der Waals surface area contributed by atoms with Crippen molar-refractivity contribution in [2.24, 2.45) is 0 Å². The van der Waals surface area contributed by atoms with E-state index >= 15 is 0 Å². The number of alkyl halides is 3. The summed E-state index contributed by atoms with van der Waals surface area (Å²) in [7, 11) is 0.